The van der Waals surface area contributed by atoms with Gasteiger partial charge in [-0.15, -0.1) is 0 Å². The molecule has 0 amide bonds. The molecular weight excluding hydrogens is 134 g/mol. The van der Waals surface area contributed by atoms with Crippen LogP contribution in [0.4, 0.5) is 0 Å². The Kier molecular flexibility index (Phi) is 5.15. The first-order valence-electron chi connectivity index (χ1n) is 2.39. The molecule has 0 radical (unpaired) electrons. The normalized spacial score (nSPS) is 26.0. The van der Waals surface area contributed by atoms with Gasteiger partial charge in [0.2, 0.25) is 0 Å². The van der Waals surface area contributed by atoms with Crippen LogP contribution in [0.25, 0.3) is 0 Å². The van der Waals surface area contributed by atoms with Crippen molar-refractivity contribution in [3.8, 4) is 0 Å². The zero-order chi connectivity index (χ0) is 5.98. The number of rotatable bonds is 1. The van der Waals surface area contributed by atoms with Gasteiger partial charge >= 0.3 is 36.9 Å². The fourth-order valence-corrected chi connectivity index (χ4v) is 0.529. The molecule has 1 saturated heterocycles. The van der Waals surface area contributed by atoms with Crippen LogP contribution in [-0.4, -0.2) is 66.3 Å². The van der Waals surface area contributed by atoms with Gasteiger partial charge in [0.05, 0.1) is 19.3 Å². The summed E-state index contributed by atoms with van der Waals surface area (Å²) >= 11 is 0. The fourth-order valence-electron chi connectivity index (χ4n) is 0.529. The van der Waals surface area contributed by atoms with Crippen molar-refractivity contribution in [2.75, 3.05) is 13.2 Å². The van der Waals surface area contributed by atoms with Crippen LogP contribution in [0.1, 0.15) is 0 Å². The van der Waals surface area contributed by atoms with Gasteiger partial charge in [-0.05, 0) is 0 Å². The summed E-state index contributed by atoms with van der Waals surface area (Å²) in [6.45, 7) is 0.175. The summed E-state index contributed by atoms with van der Waals surface area (Å²) in [6, 6.07) is 0. The summed E-state index contributed by atoms with van der Waals surface area (Å²) in [5.41, 5.74) is 0. The number of hydrogen-bond donors (Lipinski definition) is 2. The Labute approximate surface area is 75.6 Å². The van der Waals surface area contributed by atoms with Gasteiger partial charge in [0, 0.05) is 0 Å². The number of hydrogen-bond acceptors (Lipinski definition) is 4. The van der Waals surface area contributed by atoms with E-state index in [0.29, 0.717) is 0 Å². The van der Waals surface area contributed by atoms with Gasteiger partial charge in [0.15, 0.2) is 0 Å². The molecule has 6 heteroatoms. The second kappa shape index (κ2) is 4.68. The van der Waals surface area contributed by atoms with E-state index in [2.05, 4.69) is 9.31 Å². The Hall–Kier alpha value is 0.905. The van der Waals surface area contributed by atoms with Gasteiger partial charge in [-0.1, -0.05) is 0 Å². The molecule has 0 saturated carbocycles. The van der Waals surface area contributed by atoms with E-state index in [1.807, 2.05) is 0 Å². The summed E-state index contributed by atoms with van der Waals surface area (Å²) < 4.78 is 9.12. The second-order valence-corrected chi connectivity index (χ2v) is 1.58. The summed E-state index contributed by atoms with van der Waals surface area (Å²) in [5.74, 6) is 0. The fraction of sp³-hybridized carbons (Fsp3) is 1.00. The van der Waals surface area contributed by atoms with E-state index >= 15 is 0 Å². The maximum atomic E-state index is 8.48. The summed E-state index contributed by atoms with van der Waals surface area (Å²) in [6.07, 6.45) is -0.343. The van der Waals surface area contributed by atoms with E-state index in [-0.39, 0.29) is 48.9 Å². The van der Waals surface area contributed by atoms with Crippen LogP contribution in [-0.2, 0) is 9.31 Å². The molecule has 1 rings (SSSR count). The molecule has 4 nitrogen and oxygen atoms in total. The zero-order valence-electron chi connectivity index (χ0n) is 4.28. The van der Waals surface area contributed by atoms with E-state index < -0.39 is 7.32 Å². The third kappa shape index (κ3) is 3.00. The topological polar surface area (TPSA) is 58.9 Å². The van der Waals surface area contributed by atoms with Gasteiger partial charge in [0.1, 0.15) is 0 Å². The van der Waals surface area contributed by atoms with Crippen LogP contribution >= 0.6 is 0 Å². The van der Waals surface area contributed by atoms with Crippen molar-refractivity contribution in [3.63, 3.8) is 0 Å². The molecule has 0 aliphatic carbocycles. The molecule has 1 unspecified atom stereocenters. The monoisotopic (exact) mass is 142 g/mol. The Bertz CT molecular complexity index is 82.2. The van der Waals surface area contributed by atoms with Crippen LogP contribution in [0.2, 0.25) is 0 Å². The first-order chi connectivity index (χ1) is 3.83. The first-order valence-corrected chi connectivity index (χ1v) is 2.39. The average Bonchev–Trinajstić information content (AvgIpc) is 2.14. The van der Waals surface area contributed by atoms with Crippen molar-refractivity contribution in [2.24, 2.45) is 0 Å². The van der Waals surface area contributed by atoms with Crippen LogP contribution in [0.15, 0.2) is 0 Å². The SMILES string of the molecule is OCC1COB(O)O1.[NaH]. The van der Waals surface area contributed by atoms with Crippen LogP contribution in [0, 0.1) is 0 Å². The molecule has 9 heavy (non-hydrogen) atoms. The molecule has 0 aromatic heterocycles. The predicted molar refractivity (Wildman–Crippen MR) is 33.0 cm³/mol. The van der Waals surface area contributed by atoms with Gasteiger partial charge in [-0.25, -0.2) is 0 Å². The first kappa shape index (κ1) is 9.90. The molecule has 1 fully saturated rings. The average molecular weight is 142 g/mol. The summed E-state index contributed by atoms with van der Waals surface area (Å²) in [4.78, 5) is 0. The van der Waals surface area contributed by atoms with E-state index in [9.17, 15) is 0 Å². The number of aliphatic hydroxyl groups is 1. The Morgan fingerprint density at radius 1 is 1.67 bits per heavy atom. The second-order valence-electron chi connectivity index (χ2n) is 1.58. The molecule has 1 heterocycles. The Morgan fingerprint density at radius 2 is 2.33 bits per heavy atom. The Balaban J connectivity index is 0.000000640. The zero-order valence-corrected chi connectivity index (χ0v) is 4.28. The molecular formula is C3H8BNaO4. The molecule has 1 aliphatic rings. The molecule has 2 N–H and O–H groups in total. The van der Waals surface area contributed by atoms with Crippen molar-refractivity contribution >= 4 is 36.9 Å². The molecule has 1 atom stereocenters. The molecule has 0 aromatic carbocycles. The van der Waals surface area contributed by atoms with Crippen molar-refractivity contribution in [1.82, 2.24) is 0 Å². The van der Waals surface area contributed by atoms with Gasteiger partial charge in [0.25, 0.3) is 0 Å². The van der Waals surface area contributed by atoms with Crippen molar-refractivity contribution in [3.05, 3.63) is 0 Å². The van der Waals surface area contributed by atoms with Gasteiger partial charge in [-0.2, -0.15) is 0 Å². The van der Waals surface area contributed by atoms with Crippen LogP contribution in [0.3, 0.4) is 0 Å². The summed E-state index contributed by atoms with van der Waals surface area (Å²) in [5, 5.41) is 16.8. The number of aliphatic hydroxyl groups excluding tert-OH is 1. The molecule has 1 aliphatic heterocycles. The maximum absolute atomic E-state index is 8.48. The van der Waals surface area contributed by atoms with E-state index in [0.717, 1.165) is 0 Å². The standard InChI is InChI=1S/C3H7BO4.Na.H/c5-1-3-2-7-4(6)8-3;;/h3,5-6H,1-2H2;;. The van der Waals surface area contributed by atoms with Crippen molar-refractivity contribution in [1.29, 1.82) is 0 Å². The quantitative estimate of drug-likeness (QED) is 0.405. The molecule has 48 valence electrons. The molecule has 0 bridgehead atoms. The van der Waals surface area contributed by atoms with E-state index in [4.69, 9.17) is 10.1 Å². The van der Waals surface area contributed by atoms with E-state index in [1.54, 1.807) is 0 Å². The minimum absolute atomic E-state index is 0. The third-order valence-corrected chi connectivity index (χ3v) is 0.937. The van der Waals surface area contributed by atoms with E-state index in [1.165, 1.54) is 0 Å². The van der Waals surface area contributed by atoms with Crippen LogP contribution < -0.4 is 0 Å². The van der Waals surface area contributed by atoms with Gasteiger partial charge in [-0.3, -0.25) is 0 Å². The summed E-state index contributed by atoms with van der Waals surface area (Å²) in [7, 11) is -1.13. The minimum atomic E-state index is -1.13. The molecule has 0 aromatic rings. The van der Waals surface area contributed by atoms with Gasteiger partial charge < -0.3 is 19.4 Å². The molecule has 0 spiro atoms. The van der Waals surface area contributed by atoms with Crippen molar-refractivity contribution in [2.45, 2.75) is 6.10 Å². The Morgan fingerprint density at radius 3 is 2.56 bits per heavy atom. The predicted octanol–water partition coefficient (Wildman–Crippen LogP) is -2.28. The van der Waals surface area contributed by atoms with Crippen LogP contribution in [0.5, 0.6) is 0 Å². The third-order valence-electron chi connectivity index (χ3n) is 0.937. The van der Waals surface area contributed by atoms with Crippen molar-refractivity contribution < 1.29 is 19.4 Å².